The van der Waals surface area contributed by atoms with E-state index in [1.54, 1.807) is 0 Å². The second-order valence-corrected chi connectivity index (χ2v) is 6.30. The molecule has 2 unspecified atom stereocenters. The van der Waals surface area contributed by atoms with Crippen LogP contribution in [0.3, 0.4) is 0 Å². The van der Waals surface area contributed by atoms with Gasteiger partial charge in [0, 0.05) is 0 Å². The van der Waals surface area contributed by atoms with Gasteiger partial charge < -0.3 is 9.53 Å². The molecule has 0 saturated carbocycles. The summed E-state index contributed by atoms with van der Waals surface area (Å²) in [4.78, 5) is 10.7. The average molecular weight is 308 g/mol. The van der Waals surface area contributed by atoms with Crippen molar-refractivity contribution in [1.82, 2.24) is 0 Å². The molecule has 3 rings (SSSR count). The molecule has 0 radical (unpaired) electrons. The summed E-state index contributed by atoms with van der Waals surface area (Å²) in [7, 11) is 0. The molecule has 120 valence electrons. The summed E-state index contributed by atoms with van der Waals surface area (Å²) in [5.41, 5.74) is 3.93. The molecule has 1 aliphatic heterocycles. The Balaban J connectivity index is 1.34. The van der Waals surface area contributed by atoms with Crippen LogP contribution < -0.4 is 0 Å². The summed E-state index contributed by atoms with van der Waals surface area (Å²) >= 11 is 0. The van der Waals surface area contributed by atoms with E-state index >= 15 is 0 Å². The van der Waals surface area contributed by atoms with Gasteiger partial charge in [-0.05, 0) is 42.4 Å². The zero-order chi connectivity index (χ0) is 15.9. The minimum atomic E-state index is -0.219. The minimum absolute atomic E-state index is 0.00155. The third-order valence-corrected chi connectivity index (χ3v) is 4.46. The van der Waals surface area contributed by atoms with E-state index in [9.17, 15) is 4.79 Å². The molecule has 23 heavy (non-hydrogen) atoms. The van der Waals surface area contributed by atoms with Gasteiger partial charge in [-0.3, -0.25) is 0 Å². The molecule has 2 nitrogen and oxygen atoms in total. The molecule has 1 fully saturated rings. The van der Waals surface area contributed by atoms with Crippen molar-refractivity contribution in [1.29, 1.82) is 0 Å². The van der Waals surface area contributed by atoms with Crippen LogP contribution in [0, 0.1) is 0 Å². The van der Waals surface area contributed by atoms with E-state index in [2.05, 4.69) is 54.6 Å². The smallest absolute Gasteiger partial charge is 0.151 e. The van der Waals surface area contributed by atoms with E-state index in [0.29, 0.717) is 0 Å². The van der Waals surface area contributed by atoms with Gasteiger partial charge in [-0.15, -0.1) is 0 Å². The number of hydrogen-bond donors (Lipinski definition) is 0. The number of hydrogen-bond acceptors (Lipinski definition) is 2. The fourth-order valence-corrected chi connectivity index (χ4v) is 3.08. The Kier molecular flexibility index (Phi) is 5.60. The van der Waals surface area contributed by atoms with Crippen LogP contribution in [0.15, 0.2) is 54.6 Å². The molecular weight excluding hydrogens is 284 g/mol. The lowest BCUT2D eigenvalue weighted by Gasteiger charge is -2.04. The first-order valence-corrected chi connectivity index (χ1v) is 8.60. The number of unbranched alkanes of at least 4 members (excludes halogenated alkanes) is 3. The Hall–Kier alpha value is -1.93. The van der Waals surface area contributed by atoms with Crippen molar-refractivity contribution in [2.75, 3.05) is 0 Å². The average Bonchev–Trinajstić information content (AvgIpc) is 3.39. The van der Waals surface area contributed by atoms with Crippen molar-refractivity contribution in [2.45, 2.75) is 50.7 Å². The molecule has 0 bridgehead atoms. The van der Waals surface area contributed by atoms with Crippen LogP contribution in [-0.2, 0) is 22.4 Å². The molecule has 2 aromatic rings. The van der Waals surface area contributed by atoms with Gasteiger partial charge >= 0.3 is 0 Å². The van der Waals surface area contributed by atoms with Gasteiger partial charge in [0.25, 0.3) is 0 Å². The maximum atomic E-state index is 10.7. The summed E-state index contributed by atoms with van der Waals surface area (Å²) in [6, 6.07) is 19.2. The Labute approximate surface area is 138 Å². The van der Waals surface area contributed by atoms with E-state index < -0.39 is 0 Å². The topological polar surface area (TPSA) is 29.6 Å². The lowest BCUT2D eigenvalue weighted by molar-refractivity contribution is -0.108. The number of rotatable bonds is 9. The molecule has 2 heteroatoms. The SMILES string of the molecule is O=CC1OC1c1cccc(CCCCCCc2ccccc2)c1. The highest BCUT2D eigenvalue weighted by atomic mass is 16.6. The number of epoxide rings is 1. The Morgan fingerprint density at radius 2 is 1.52 bits per heavy atom. The molecule has 2 aromatic carbocycles. The largest absolute Gasteiger partial charge is 0.357 e. The normalized spacial score (nSPS) is 19.5. The predicted molar refractivity (Wildman–Crippen MR) is 92.4 cm³/mol. The van der Waals surface area contributed by atoms with Gasteiger partial charge in [0.2, 0.25) is 0 Å². The zero-order valence-electron chi connectivity index (χ0n) is 13.5. The highest BCUT2D eigenvalue weighted by Gasteiger charge is 2.39. The van der Waals surface area contributed by atoms with Crippen LogP contribution in [0.25, 0.3) is 0 Å². The Bertz CT molecular complexity index is 621. The van der Waals surface area contributed by atoms with Crippen molar-refractivity contribution in [2.24, 2.45) is 0 Å². The lowest BCUT2D eigenvalue weighted by atomic mass is 10.0. The number of carbonyl (C=O) groups is 1. The molecule has 1 heterocycles. The van der Waals surface area contributed by atoms with Gasteiger partial charge in [-0.25, -0.2) is 0 Å². The summed E-state index contributed by atoms with van der Waals surface area (Å²) in [6.07, 6.45) is 8.01. The first-order chi connectivity index (χ1) is 11.4. The van der Waals surface area contributed by atoms with Crippen molar-refractivity contribution in [3.05, 3.63) is 71.3 Å². The molecule has 0 aliphatic carbocycles. The standard InChI is InChI=1S/C21H24O2/c22-16-20-21(23-20)19-14-8-13-18(15-19)12-5-2-1-4-9-17-10-6-3-7-11-17/h3,6-8,10-11,13-16,20-21H,1-2,4-5,9,12H2. The Morgan fingerprint density at radius 3 is 2.22 bits per heavy atom. The van der Waals surface area contributed by atoms with Crippen molar-refractivity contribution in [3.63, 3.8) is 0 Å². The fraction of sp³-hybridized carbons (Fsp3) is 0.381. The third-order valence-electron chi connectivity index (χ3n) is 4.46. The lowest BCUT2D eigenvalue weighted by Crippen LogP contribution is -1.92. The summed E-state index contributed by atoms with van der Waals surface area (Å²) in [6.45, 7) is 0. The number of benzene rings is 2. The summed E-state index contributed by atoms with van der Waals surface area (Å²) < 4.78 is 5.34. The molecule has 0 spiro atoms. The quantitative estimate of drug-likeness (QED) is 0.383. The first kappa shape index (κ1) is 15.9. The van der Waals surface area contributed by atoms with Gasteiger partial charge in [0.05, 0.1) is 0 Å². The zero-order valence-corrected chi connectivity index (χ0v) is 13.5. The van der Waals surface area contributed by atoms with Gasteiger partial charge in [0.15, 0.2) is 6.29 Å². The van der Waals surface area contributed by atoms with Gasteiger partial charge in [0.1, 0.15) is 12.2 Å². The summed E-state index contributed by atoms with van der Waals surface area (Å²) in [5.74, 6) is 0. The molecule has 0 N–H and O–H groups in total. The van der Waals surface area contributed by atoms with Crippen LogP contribution in [0.2, 0.25) is 0 Å². The van der Waals surface area contributed by atoms with Crippen molar-refractivity contribution >= 4 is 6.29 Å². The van der Waals surface area contributed by atoms with Gasteiger partial charge in [-0.2, -0.15) is 0 Å². The minimum Gasteiger partial charge on any atom is -0.357 e. The fourth-order valence-electron chi connectivity index (χ4n) is 3.08. The highest BCUT2D eigenvalue weighted by Crippen LogP contribution is 2.37. The van der Waals surface area contributed by atoms with Crippen LogP contribution in [-0.4, -0.2) is 12.4 Å². The second-order valence-electron chi connectivity index (χ2n) is 6.30. The number of aldehydes is 1. The maximum Gasteiger partial charge on any atom is 0.151 e. The van der Waals surface area contributed by atoms with E-state index in [1.165, 1.54) is 43.2 Å². The highest BCUT2D eigenvalue weighted by molar-refractivity contribution is 5.61. The first-order valence-electron chi connectivity index (χ1n) is 8.60. The Morgan fingerprint density at radius 1 is 0.826 bits per heavy atom. The molecular formula is C21H24O2. The van der Waals surface area contributed by atoms with E-state index in [1.807, 2.05) is 0 Å². The third kappa shape index (κ3) is 4.77. The van der Waals surface area contributed by atoms with E-state index in [0.717, 1.165) is 18.3 Å². The van der Waals surface area contributed by atoms with Crippen LogP contribution in [0.5, 0.6) is 0 Å². The van der Waals surface area contributed by atoms with Crippen LogP contribution >= 0.6 is 0 Å². The molecule has 1 aliphatic rings. The molecule has 2 atom stereocenters. The maximum absolute atomic E-state index is 10.7. The second kappa shape index (κ2) is 8.07. The predicted octanol–water partition coefficient (Wildman–Crippen LogP) is 4.67. The van der Waals surface area contributed by atoms with Crippen molar-refractivity contribution < 1.29 is 9.53 Å². The van der Waals surface area contributed by atoms with Crippen molar-refractivity contribution in [3.8, 4) is 0 Å². The van der Waals surface area contributed by atoms with Crippen LogP contribution in [0.4, 0.5) is 0 Å². The molecule has 1 saturated heterocycles. The van der Waals surface area contributed by atoms with E-state index in [4.69, 9.17) is 4.74 Å². The molecule has 0 aromatic heterocycles. The number of aryl methyl sites for hydroxylation is 2. The molecule has 0 amide bonds. The van der Waals surface area contributed by atoms with Gasteiger partial charge in [-0.1, -0.05) is 67.4 Å². The number of carbonyl (C=O) groups excluding carboxylic acids is 1. The summed E-state index contributed by atoms with van der Waals surface area (Å²) in [5, 5.41) is 0. The van der Waals surface area contributed by atoms with Crippen LogP contribution in [0.1, 0.15) is 48.5 Å². The number of ether oxygens (including phenoxy) is 1. The van der Waals surface area contributed by atoms with E-state index in [-0.39, 0.29) is 12.2 Å². The monoisotopic (exact) mass is 308 g/mol.